The van der Waals surface area contributed by atoms with Crippen molar-refractivity contribution in [1.29, 1.82) is 0 Å². The lowest BCUT2D eigenvalue weighted by molar-refractivity contribution is -0.229. The van der Waals surface area contributed by atoms with E-state index in [2.05, 4.69) is 9.80 Å². The zero-order valence-corrected chi connectivity index (χ0v) is 20.3. The molecule has 0 bridgehead atoms. The van der Waals surface area contributed by atoms with Gasteiger partial charge in [0.25, 0.3) is 0 Å². The lowest BCUT2D eigenvalue weighted by atomic mass is 10.0. The third kappa shape index (κ3) is 7.01. The third-order valence-electron chi connectivity index (χ3n) is 6.84. The summed E-state index contributed by atoms with van der Waals surface area (Å²) >= 11 is 0. The number of likely N-dealkylation sites (tertiary alicyclic amines) is 1. The highest BCUT2D eigenvalue weighted by Crippen LogP contribution is 2.39. The molecule has 3 atom stereocenters. The quantitative estimate of drug-likeness (QED) is 0.382. The number of hydrogen-bond acceptors (Lipinski definition) is 4. The highest BCUT2D eigenvalue weighted by molar-refractivity contribution is 5.34. The van der Waals surface area contributed by atoms with Crippen LogP contribution in [0.2, 0.25) is 0 Å². The highest BCUT2D eigenvalue weighted by Gasteiger charge is 2.39. The number of hydrogen-bond donors (Lipinski definition) is 0. The van der Waals surface area contributed by atoms with Crippen molar-refractivity contribution in [1.82, 2.24) is 9.80 Å². The minimum atomic E-state index is -4.96. The zero-order valence-electron chi connectivity index (χ0n) is 20.3. The van der Waals surface area contributed by atoms with Crippen molar-refractivity contribution in [2.45, 2.75) is 50.6 Å². The van der Waals surface area contributed by atoms with Gasteiger partial charge in [0.15, 0.2) is 6.29 Å². The normalized spacial score (nSPS) is 22.9. The van der Waals surface area contributed by atoms with Crippen LogP contribution in [0.15, 0.2) is 42.5 Å². The second-order valence-electron chi connectivity index (χ2n) is 9.44. The summed E-state index contributed by atoms with van der Waals surface area (Å²) in [5.41, 5.74) is -2.39. The van der Waals surface area contributed by atoms with Crippen LogP contribution in [-0.2, 0) is 21.8 Å². The van der Waals surface area contributed by atoms with Gasteiger partial charge in [-0.1, -0.05) is 12.1 Å². The molecular weight excluding hydrogens is 505 g/mol. The van der Waals surface area contributed by atoms with E-state index >= 15 is 0 Å². The van der Waals surface area contributed by atoms with E-state index in [1.54, 1.807) is 12.1 Å². The van der Waals surface area contributed by atoms with Crippen molar-refractivity contribution in [3.8, 4) is 0 Å². The molecule has 4 nitrogen and oxygen atoms in total. The maximum Gasteiger partial charge on any atom is 0.416 e. The van der Waals surface area contributed by atoms with Crippen molar-refractivity contribution in [3.05, 3.63) is 70.5 Å². The lowest BCUT2D eigenvalue weighted by Gasteiger charge is -2.42. The largest absolute Gasteiger partial charge is 0.416 e. The van der Waals surface area contributed by atoms with Crippen LogP contribution in [0.4, 0.5) is 30.7 Å². The van der Waals surface area contributed by atoms with Crippen LogP contribution in [0.25, 0.3) is 0 Å². The summed E-state index contributed by atoms with van der Waals surface area (Å²) in [6.45, 7) is 5.66. The van der Waals surface area contributed by atoms with Gasteiger partial charge < -0.3 is 14.4 Å². The van der Waals surface area contributed by atoms with Crippen LogP contribution < -0.4 is 0 Å². The van der Waals surface area contributed by atoms with Crippen molar-refractivity contribution in [2.75, 3.05) is 39.3 Å². The average Bonchev–Trinajstić information content (AvgIpc) is 3.36. The van der Waals surface area contributed by atoms with Crippen LogP contribution in [-0.4, -0.2) is 55.4 Å². The van der Waals surface area contributed by atoms with Crippen LogP contribution in [0.1, 0.15) is 54.2 Å². The predicted molar refractivity (Wildman–Crippen MR) is 122 cm³/mol. The molecule has 2 aliphatic heterocycles. The van der Waals surface area contributed by atoms with E-state index < -0.39 is 47.7 Å². The summed E-state index contributed by atoms with van der Waals surface area (Å²) in [6, 6.07) is 6.68. The van der Waals surface area contributed by atoms with E-state index in [1.165, 1.54) is 19.1 Å². The second-order valence-corrected chi connectivity index (χ2v) is 9.44. The topological polar surface area (TPSA) is 24.9 Å². The van der Waals surface area contributed by atoms with E-state index in [1.807, 2.05) is 0 Å². The number of nitrogens with zero attached hydrogens (tertiary/aromatic N) is 2. The SMILES string of the molecule is CC(OC1OCCN(CCN2CCCC2)C1c1ccc(F)cc1)c1cc(C(F)(F)F)cc(C(F)(F)F)c1. The van der Waals surface area contributed by atoms with Gasteiger partial charge in [-0.3, -0.25) is 4.90 Å². The van der Waals surface area contributed by atoms with Gasteiger partial charge in [-0.15, -0.1) is 0 Å². The van der Waals surface area contributed by atoms with Gasteiger partial charge >= 0.3 is 12.4 Å². The first kappa shape index (κ1) is 27.8. The molecule has 0 radical (unpaired) electrons. The maximum atomic E-state index is 13.6. The number of morpholine rings is 1. The Morgan fingerprint density at radius 3 is 2.05 bits per heavy atom. The molecule has 4 rings (SSSR count). The van der Waals surface area contributed by atoms with Gasteiger partial charge in [-0.25, -0.2) is 4.39 Å². The van der Waals surface area contributed by atoms with Gasteiger partial charge in [0.2, 0.25) is 0 Å². The molecule has 204 valence electrons. The molecule has 2 aromatic rings. The van der Waals surface area contributed by atoms with E-state index in [0.29, 0.717) is 30.8 Å². The summed E-state index contributed by atoms with van der Waals surface area (Å²) in [5.74, 6) is -0.432. The van der Waals surface area contributed by atoms with Crippen LogP contribution in [0.5, 0.6) is 0 Å². The van der Waals surface area contributed by atoms with E-state index in [9.17, 15) is 30.7 Å². The molecule has 2 aliphatic rings. The Labute approximate surface area is 210 Å². The van der Waals surface area contributed by atoms with E-state index in [0.717, 1.165) is 32.5 Å². The molecule has 0 N–H and O–H groups in total. The first-order chi connectivity index (χ1) is 17.4. The fourth-order valence-electron chi connectivity index (χ4n) is 4.85. The molecule has 0 aliphatic carbocycles. The van der Waals surface area contributed by atoms with Crippen molar-refractivity contribution in [3.63, 3.8) is 0 Å². The van der Waals surface area contributed by atoms with Gasteiger partial charge in [-0.05, 0) is 74.3 Å². The van der Waals surface area contributed by atoms with Crippen LogP contribution in [0.3, 0.4) is 0 Å². The zero-order chi connectivity index (χ0) is 26.8. The number of alkyl halides is 6. The summed E-state index contributed by atoms with van der Waals surface area (Å²) in [6.07, 6.45) is -9.79. The summed E-state index contributed by atoms with van der Waals surface area (Å²) < 4.78 is 106. The molecule has 0 saturated carbocycles. The number of halogens is 7. The van der Waals surface area contributed by atoms with Gasteiger partial charge in [0.1, 0.15) is 5.82 Å². The van der Waals surface area contributed by atoms with Gasteiger partial charge in [0.05, 0.1) is 29.9 Å². The Morgan fingerprint density at radius 1 is 0.892 bits per heavy atom. The molecule has 0 spiro atoms. The Hall–Kier alpha value is -2.21. The third-order valence-corrected chi connectivity index (χ3v) is 6.84. The maximum absolute atomic E-state index is 13.6. The first-order valence-electron chi connectivity index (χ1n) is 12.2. The van der Waals surface area contributed by atoms with E-state index in [4.69, 9.17) is 9.47 Å². The predicted octanol–water partition coefficient (Wildman–Crippen LogP) is 6.44. The average molecular weight is 535 g/mol. The van der Waals surface area contributed by atoms with Gasteiger partial charge in [-0.2, -0.15) is 26.3 Å². The summed E-state index contributed by atoms with van der Waals surface area (Å²) in [7, 11) is 0. The summed E-state index contributed by atoms with van der Waals surface area (Å²) in [5, 5.41) is 0. The van der Waals surface area contributed by atoms with Gasteiger partial charge in [0, 0.05) is 19.6 Å². The first-order valence-corrected chi connectivity index (χ1v) is 12.2. The molecule has 0 amide bonds. The minimum absolute atomic E-state index is 0.0920. The Morgan fingerprint density at radius 2 is 1.49 bits per heavy atom. The standard InChI is InChI=1S/C26H29F7N2O2/c1-17(19-14-20(25(28,29)30)16-21(15-19)26(31,32)33)37-24-23(18-4-6-22(27)7-5-18)35(12-13-36-24)11-10-34-8-2-3-9-34/h4-7,14-17,23-24H,2-3,8-13H2,1H3. The van der Waals surface area contributed by atoms with Crippen molar-refractivity contribution >= 4 is 0 Å². The molecule has 11 heteroatoms. The number of benzene rings is 2. The van der Waals surface area contributed by atoms with E-state index in [-0.39, 0.29) is 18.2 Å². The molecule has 2 heterocycles. The minimum Gasteiger partial charge on any atom is -0.349 e. The number of rotatable bonds is 7. The van der Waals surface area contributed by atoms with Crippen LogP contribution in [0, 0.1) is 5.82 Å². The molecule has 0 aromatic heterocycles. The highest BCUT2D eigenvalue weighted by atomic mass is 19.4. The Kier molecular flexibility index (Phi) is 8.47. The molecule has 37 heavy (non-hydrogen) atoms. The van der Waals surface area contributed by atoms with Crippen LogP contribution >= 0.6 is 0 Å². The Balaban J connectivity index is 1.60. The van der Waals surface area contributed by atoms with Crippen molar-refractivity contribution < 1.29 is 40.2 Å². The van der Waals surface area contributed by atoms with Crippen molar-refractivity contribution in [2.24, 2.45) is 0 Å². The Bertz CT molecular complexity index is 1000. The molecule has 3 unspecified atom stereocenters. The molecular formula is C26H29F7N2O2. The monoisotopic (exact) mass is 534 g/mol. The fraction of sp³-hybridized carbons (Fsp3) is 0.538. The lowest BCUT2D eigenvalue weighted by Crippen LogP contribution is -2.48. The molecule has 2 saturated heterocycles. The molecule has 2 fully saturated rings. The second kappa shape index (κ2) is 11.3. The smallest absolute Gasteiger partial charge is 0.349 e. The summed E-state index contributed by atoms with van der Waals surface area (Å²) in [4.78, 5) is 4.44. The number of ether oxygens (including phenoxy) is 2. The molecule has 2 aromatic carbocycles. The fourth-order valence-corrected chi connectivity index (χ4v) is 4.85.